The van der Waals surface area contributed by atoms with E-state index in [1.165, 1.54) is 7.11 Å². The Balaban J connectivity index is 2.84. The van der Waals surface area contributed by atoms with Crippen LogP contribution >= 0.6 is 0 Å². The molecule has 17 heavy (non-hydrogen) atoms. The maximum atomic E-state index is 9.53. The molecule has 0 spiro atoms. The van der Waals surface area contributed by atoms with Gasteiger partial charge in [-0.15, -0.1) is 0 Å². The zero-order valence-corrected chi connectivity index (χ0v) is 10.7. The fourth-order valence-electron chi connectivity index (χ4n) is 1.28. The van der Waals surface area contributed by atoms with Gasteiger partial charge in [0, 0.05) is 13.8 Å². The van der Waals surface area contributed by atoms with E-state index in [2.05, 4.69) is 9.93 Å². The number of ether oxygens (including phenoxy) is 1. The summed E-state index contributed by atoms with van der Waals surface area (Å²) in [6.07, 6.45) is 0. The highest BCUT2D eigenvalue weighted by molar-refractivity contribution is 5.44. The van der Waals surface area contributed by atoms with Crippen LogP contribution < -0.4 is 4.74 Å². The molecule has 0 aliphatic rings. The van der Waals surface area contributed by atoms with Crippen LogP contribution in [-0.2, 0) is 14.8 Å². The number of rotatable bonds is 5. The Bertz CT molecular complexity index is 387. The van der Waals surface area contributed by atoms with Gasteiger partial charge in [-0.1, -0.05) is 5.04 Å². The smallest absolute Gasteiger partial charge is 0.238 e. The van der Waals surface area contributed by atoms with Crippen molar-refractivity contribution in [1.29, 1.82) is 0 Å². The third kappa shape index (κ3) is 3.89. The maximum Gasteiger partial charge on any atom is 0.238 e. The molecule has 1 aromatic rings. The second kappa shape index (κ2) is 5.35. The average molecular weight is 242 g/mol. The summed E-state index contributed by atoms with van der Waals surface area (Å²) in [5, 5.41) is 13.9. The summed E-state index contributed by atoms with van der Waals surface area (Å²) in [7, 11) is 1.34. The van der Waals surface area contributed by atoms with Crippen molar-refractivity contribution in [3.05, 3.63) is 23.3 Å². The van der Waals surface area contributed by atoms with Gasteiger partial charge in [0.05, 0.1) is 7.11 Å². The molecule has 0 aliphatic carbocycles. The van der Waals surface area contributed by atoms with Crippen LogP contribution in [0.25, 0.3) is 0 Å². The SMILES string of the molecule is COOOC(C)(C)Oc1cc(C)c(O)cc1C. The molecule has 0 atom stereocenters. The van der Waals surface area contributed by atoms with E-state index in [0.29, 0.717) is 5.75 Å². The van der Waals surface area contributed by atoms with Gasteiger partial charge in [0.2, 0.25) is 5.79 Å². The van der Waals surface area contributed by atoms with Crippen LogP contribution in [0, 0.1) is 13.8 Å². The minimum Gasteiger partial charge on any atom is -0.508 e. The van der Waals surface area contributed by atoms with Crippen LogP contribution in [-0.4, -0.2) is 18.0 Å². The molecule has 1 rings (SSSR count). The van der Waals surface area contributed by atoms with Gasteiger partial charge < -0.3 is 9.84 Å². The molecule has 0 aromatic heterocycles. The van der Waals surface area contributed by atoms with Gasteiger partial charge in [-0.05, 0) is 37.1 Å². The van der Waals surface area contributed by atoms with Crippen LogP contribution in [0.5, 0.6) is 11.5 Å². The predicted molar refractivity (Wildman–Crippen MR) is 61.5 cm³/mol. The largest absolute Gasteiger partial charge is 0.508 e. The van der Waals surface area contributed by atoms with Crippen LogP contribution in [0.15, 0.2) is 12.1 Å². The van der Waals surface area contributed by atoms with E-state index >= 15 is 0 Å². The van der Waals surface area contributed by atoms with Gasteiger partial charge in [-0.3, -0.25) is 0 Å². The van der Waals surface area contributed by atoms with Crippen LogP contribution in [0.4, 0.5) is 0 Å². The number of benzene rings is 1. The highest BCUT2D eigenvalue weighted by atomic mass is 17.5. The topological polar surface area (TPSA) is 57.2 Å². The molecule has 0 saturated heterocycles. The van der Waals surface area contributed by atoms with Crippen LogP contribution in [0.2, 0.25) is 0 Å². The summed E-state index contributed by atoms with van der Waals surface area (Å²) in [6.45, 7) is 7.00. The third-order valence-electron chi connectivity index (χ3n) is 2.15. The molecule has 0 bridgehead atoms. The minimum absolute atomic E-state index is 0.238. The maximum absolute atomic E-state index is 9.53. The highest BCUT2D eigenvalue weighted by Crippen LogP contribution is 2.29. The summed E-state index contributed by atoms with van der Waals surface area (Å²) >= 11 is 0. The van der Waals surface area contributed by atoms with E-state index in [1.807, 2.05) is 6.92 Å². The first-order chi connectivity index (χ1) is 7.85. The van der Waals surface area contributed by atoms with E-state index in [0.717, 1.165) is 11.1 Å². The lowest BCUT2D eigenvalue weighted by molar-refractivity contribution is -0.551. The standard InChI is InChI=1S/C12H18O5/c1-8-7-11(9(2)6-10(8)13)15-12(3,4)16-17-14-5/h6-7,13H,1-5H3. The summed E-state index contributed by atoms with van der Waals surface area (Å²) in [4.78, 5) is 9.25. The molecule has 0 aliphatic heterocycles. The first-order valence-electron chi connectivity index (χ1n) is 5.23. The first kappa shape index (κ1) is 13.8. The van der Waals surface area contributed by atoms with E-state index < -0.39 is 5.79 Å². The number of hydrogen-bond donors (Lipinski definition) is 1. The molecule has 0 saturated carbocycles. The first-order valence-corrected chi connectivity index (χ1v) is 5.23. The van der Waals surface area contributed by atoms with Gasteiger partial charge >= 0.3 is 0 Å². The third-order valence-corrected chi connectivity index (χ3v) is 2.15. The molecule has 0 fully saturated rings. The number of aromatic hydroxyl groups is 1. The van der Waals surface area contributed by atoms with E-state index in [4.69, 9.17) is 9.62 Å². The molecule has 5 heteroatoms. The second-order valence-electron chi connectivity index (χ2n) is 4.22. The average Bonchev–Trinajstić information content (AvgIpc) is 2.23. The van der Waals surface area contributed by atoms with Crippen molar-refractivity contribution in [2.75, 3.05) is 7.11 Å². The normalized spacial score (nSPS) is 11.6. The Hall–Kier alpha value is -1.30. The van der Waals surface area contributed by atoms with Crippen molar-refractivity contribution >= 4 is 0 Å². The summed E-state index contributed by atoms with van der Waals surface area (Å²) < 4.78 is 5.63. The predicted octanol–water partition coefficient (Wildman–Crippen LogP) is 2.63. The lowest BCUT2D eigenvalue weighted by atomic mass is 10.1. The van der Waals surface area contributed by atoms with Crippen molar-refractivity contribution in [3.8, 4) is 11.5 Å². The molecule has 0 amide bonds. The Labute approximate surface area is 101 Å². The van der Waals surface area contributed by atoms with E-state index in [9.17, 15) is 5.11 Å². The number of hydrogen-bond acceptors (Lipinski definition) is 5. The van der Waals surface area contributed by atoms with E-state index in [1.54, 1.807) is 32.9 Å². The molecule has 5 nitrogen and oxygen atoms in total. The summed E-state index contributed by atoms with van der Waals surface area (Å²) in [6, 6.07) is 3.38. The Kier molecular flexibility index (Phi) is 4.34. The quantitative estimate of drug-likeness (QED) is 0.488. The molecule has 0 heterocycles. The summed E-state index contributed by atoms with van der Waals surface area (Å²) in [5.41, 5.74) is 1.54. The highest BCUT2D eigenvalue weighted by Gasteiger charge is 2.24. The monoisotopic (exact) mass is 242 g/mol. The molecule has 0 radical (unpaired) electrons. The number of phenolic OH excluding ortho intramolecular Hbond substituents is 1. The fraction of sp³-hybridized carbons (Fsp3) is 0.500. The molecule has 96 valence electrons. The lowest BCUT2D eigenvalue weighted by Crippen LogP contribution is -2.32. The van der Waals surface area contributed by atoms with Crippen molar-refractivity contribution < 1.29 is 24.7 Å². The van der Waals surface area contributed by atoms with Gasteiger partial charge in [-0.2, -0.15) is 4.89 Å². The Morgan fingerprint density at radius 3 is 2.35 bits per heavy atom. The lowest BCUT2D eigenvalue weighted by Gasteiger charge is -2.25. The van der Waals surface area contributed by atoms with Gasteiger partial charge in [0.15, 0.2) is 0 Å². The van der Waals surface area contributed by atoms with Crippen molar-refractivity contribution in [2.24, 2.45) is 0 Å². The molecule has 1 N–H and O–H groups in total. The molecular formula is C12H18O5. The van der Waals surface area contributed by atoms with Crippen LogP contribution in [0.3, 0.4) is 0 Å². The second-order valence-corrected chi connectivity index (χ2v) is 4.22. The molecular weight excluding hydrogens is 224 g/mol. The Morgan fingerprint density at radius 2 is 1.76 bits per heavy atom. The zero-order valence-electron chi connectivity index (χ0n) is 10.7. The van der Waals surface area contributed by atoms with Gasteiger partial charge in [-0.25, -0.2) is 4.89 Å². The summed E-state index contributed by atoms with van der Waals surface area (Å²) in [5.74, 6) is -0.142. The van der Waals surface area contributed by atoms with Gasteiger partial charge in [0.25, 0.3) is 0 Å². The fourth-order valence-corrected chi connectivity index (χ4v) is 1.28. The minimum atomic E-state index is -0.996. The van der Waals surface area contributed by atoms with Gasteiger partial charge in [0.1, 0.15) is 11.5 Å². The van der Waals surface area contributed by atoms with Crippen molar-refractivity contribution in [3.63, 3.8) is 0 Å². The van der Waals surface area contributed by atoms with E-state index in [-0.39, 0.29) is 5.75 Å². The number of phenols is 1. The molecule has 0 unspecified atom stereocenters. The van der Waals surface area contributed by atoms with Crippen LogP contribution in [0.1, 0.15) is 25.0 Å². The zero-order chi connectivity index (χ0) is 13.1. The Morgan fingerprint density at radius 1 is 1.12 bits per heavy atom. The molecule has 1 aromatic carbocycles. The van der Waals surface area contributed by atoms with Crippen molar-refractivity contribution in [1.82, 2.24) is 0 Å². The van der Waals surface area contributed by atoms with Crippen molar-refractivity contribution in [2.45, 2.75) is 33.5 Å². The number of aryl methyl sites for hydroxylation is 2.